The second-order valence-corrected chi connectivity index (χ2v) is 1.80. The summed E-state index contributed by atoms with van der Waals surface area (Å²) >= 11 is 0. The standard InChI is InChI=1S/C7H7NO2.H3P/c9-7-4-2-1-3-6(7)5-8-10;/h1-5,9-10H;1H3/b8-5-;. The highest BCUT2D eigenvalue weighted by molar-refractivity contribution is 6.92. The van der Waals surface area contributed by atoms with Gasteiger partial charge in [-0.15, -0.1) is 0 Å². The Morgan fingerprint density at radius 3 is 2.45 bits per heavy atom. The number of oxime groups is 1. The van der Waals surface area contributed by atoms with Crippen LogP contribution in [0.25, 0.3) is 0 Å². The van der Waals surface area contributed by atoms with E-state index in [1.807, 2.05) is 0 Å². The van der Waals surface area contributed by atoms with Crippen LogP contribution in [0.1, 0.15) is 5.56 Å². The number of hydrogen-bond donors (Lipinski definition) is 2. The SMILES string of the molecule is O/N=C\c1ccccc1O.P. The van der Waals surface area contributed by atoms with Crippen molar-refractivity contribution in [2.24, 2.45) is 5.16 Å². The zero-order chi connectivity index (χ0) is 7.40. The van der Waals surface area contributed by atoms with E-state index >= 15 is 0 Å². The molecule has 0 saturated carbocycles. The minimum Gasteiger partial charge on any atom is -0.507 e. The molecular weight excluding hydrogens is 161 g/mol. The van der Waals surface area contributed by atoms with Crippen molar-refractivity contribution in [2.75, 3.05) is 0 Å². The molecule has 0 fully saturated rings. The minimum absolute atomic E-state index is 0. The molecule has 0 saturated heterocycles. The van der Waals surface area contributed by atoms with Crippen LogP contribution in [0.3, 0.4) is 0 Å². The van der Waals surface area contributed by atoms with Gasteiger partial charge < -0.3 is 10.3 Å². The van der Waals surface area contributed by atoms with Crippen LogP contribution in [-0.4, -0.2) is 16.5 Å². The molecule has 0 amide bonds. The first-order chi connectivity index (χ1) is 4.84. The quantitative estimate of drug-likeness (QED) is 0.289. The first kappa shape index (κ1) is 9.92. The van der Waals surface area contributed by atoms with Crippen LogP contribution < -0.4 is 0 Å². The number of aromatic hydroxyl groups is 1. The molecule has 3 nitrogen and oxygen atoms in total. The molecule has 0 bridgehead atoms. The number of phenols is 1. The number of phenolic OH excluding ortho intramolecular Hbond substituents is 1. The maximum atomic E-state index is 9.04. The van der Waals surface area contributed by atoms with Crippen LogP contribution in [-0.2, 0) is 0 Å². The fourth-order valence-electron chi connectivity index (χ4n) is 0.659. The van der Waals surface area contributed by atoms with Gasteiger partial charge in [0.2, 0.25) is 0 Å². The molecule has 0 heterocycles. The Balaban J connectivity index is 0.000001000. The zero-order valence-corrected chi connectivity index (χ0v) is 7.35. The maximum absolute atomic E-state index is 9.04. The average molecular weight is 171 g/mol. The summed E-state index contributed by atoms with van der Waals surface area (Å²) in [7, 11) is 0. The summed E-state index contributed by atoms with van der Waals surface area (Å²) in [6, 6.07) is 6.62. The summed E-state index contributed by atoms with van der Waals surface area (Å²) in [6.45, 7) is 0. The van der Waals surface area contributed by atoms with Gasteiger partial charge in [-0.05, 0) is 12.1 Å². The van der Waals surface area contributed by atoms with Crippen molar-refractivity contribution in [1.82, 2.24) is 0 Å². The third kappa shape index (κ3) is 2.56. The van der Waals surface area contributed by atoms with Gasteiger partial charge in [-0.25, -0.2) is 0 Å². The Hall–Kier alpha value is -1.08. The van der Waals surface area contributed by atoms with Gasteiger partial charge in [0.25, 0.3) is 0 Å². The lowest BCUT2D eigenvalue weighted by Gasteiger charge is -1.93. The summed E-state index contributed by atoms with van der Waals surface area (Å²) < 4.78 is 0. The highest BCUT2D eigenvalue weighted by Crippen LogP contribution is 2.12. The number of rotatable bonds is 1. The topological polar surface area (TPSA) is 52.8 Å². The summed E-state index contributed by atoms with van der Waals surface area (Å²) in [5, 5.41) is 19.9. The molecule has 60 valence electrons. The Morgan fingerprint density at radius 1 is 1.27 bits per heavy atom. The van der Waals surface area contributed by atoms with E-state index in [1.165, 1.54) is 12.3 Å². The zero-order valence-electron chi connectivity index (χ0n) is 5.94. The normalized spacial score (nSPS) is 9.45. The van der Waals surface area contributed by atoms with E-state index in [0.717, 1.165) is 0 Å². The second kappa shape index (κ2) is 4.69. The largest absolute Gasteiger partial charge is 0.507 e. The first-order valence-electron chi connectivity index (χ1n) is 2.80. The van der Waals surface area contributed by atoms with Gasteiger partial charge >= 0.3 is 0 Å². The van der Waals surface area contributed by atoms with Crippen LogP contribution in [0.15, 0.2) is 29.4 Å². The Kier molecular flexibility index (Phi) is 4.23. The molecule has 1 aromatic carbocycles. The van der Waals surface area contributed by atoms with Crippen LogP contribution in [0.5, 0.6) is 5.75 Å². The molecule has 0 aliphatic rings. The third-order valence-electron chi connectivity index (χ3n) is 1.13. The average Bonchev–Trinajstić information content (AvgIpc) is 1.94. The molecule has 1 rings (SSSR count). The molecule has 1 aromatic rings. The van der Waals surface area contributed by atoms with Gasteiger partial charge in [0.1, 0.15) is 5.75 Å². The first-order valence-corrected chi connectivity index (χ1v) is 2.80. The second-order valence-electron chi connectivity index (χ2n) is 1.80. The molecule has 1 unspecified atom stereocenters. The lowest BCUT2D eigenvalue weighted by atomic mass is 10.2. The third-order valence-corrected chi connectivity index (χ3v) is 1.13. The predicted molar refractivity (Wildman–Crippen MR) is 48.6 cm³/mol. The van der Waals surface area contributed by atoms with E-state index in [0.29, 0.717) is 5.56 Å². The van der Waals surface area contributed by atoms with Gasteiger partial charge in [0.05, 0.1) is 6.21 Å². The monoisotopic (exact) mass is 171 g/mol. The fourth-order valence-corrected chi connectivity index (χ4v) is 0.659. The van der Waals surface area contributed by atoms with Crippen LogP contribution in [0.2, 0.25) is 0 Å². The van der Waals surface area contributed by atoms with Gasteiger partial charge in [0.15, 0.2) is 0 Å². The van der Waals surface area contributed by atoms with E-state index in [1.54, 1.807) is 18.2 Å². The number of para-hydroxylation sites is 1. The van der Waals surface area contributed by atoms with Crippen LogP contribution in [0.4, 0.5) is 0 Å². The minimum atomic E-state index is 0. The lowest BCUT2D eigenvalue weighted by molar-refractivity contribution is 0.321. The van der Waals surface area contributed by atoms with Gasteiger partial charge in [-0.1, -0.05) is 17.3 Å². The van der Waals surface area contributed by atoms with Gasteiger partial charge in [-0.2, -0.15) is 9.90 Å². The van der Waals surface area contributed by atoms with E-state index in [-0.39, 0.29) is 15.6 Å². The molecule has 4 heteroatoms. The molecule has 0 radical (unpaired) electrons. The van der Waals surface area contributed by atoms with E-state index < -0.39 is 0 Å². The Bertz CT molecular complexity index is 250. The molecule has 1 atom stereocenters. The molecule has 0 spiro atoms. The van der Waals surface area contributed by atoms with Crippen molar-refractivity contribution in [2.45, 2.75) is 0 Å². The smallest absolute Gasteiger partial charge is 0.124 e. The van der Waals surface area contributed by atoms with Gasteiger partial charge in [0, 0.05) is 5.56 Å². The van der Waals surface area contributed by atoms with Crippen LogP contribution >= 0.6 is 9.90 Å². The molecule has 0 aromatic heterocycles. The van der Waals surface area contributed by atoms with E-state index in [4.69, 9.17) is 10.3 Å². The molecule has 0 aliphatic heterocycles. The number of hydrogen-bond acceptors (Lipinski definition) is 3. The van der Waals surface area contributed by atoms with Crippen LogP contribution in [0, 0.1) is 0 Å². The summed E-state index contributed by atoms with van der Waals surface area (Å²) in [6.07, 6.45) is 1.18. The summed E-state index contributed by atoms with van der Waals surface area (Å²) in [5.74, 6) is 0.111. The van der Waals surface area contributed by atoms with Crippen molar-refractivity contribution in [3.8, 4) is 5.75 Å². The van der Waals surface area contributed by atoms with E-state index in [9.17, 15) is 0 Å². The fraction of sp³-hybridized carbons (Fsp3) is 0. The van der Waals surface area contributed by atoms with Crippen molar-refractivity contribution in [3.05, 3.63) is 29.8 Å². The lowest BCUT2D eigenvalue weighted by Crippen LogP contribution is -1.79. The number of nitrogens with zero attached hydrogens (tertiary/aromatic N) is 1. The van der Waals surface area contributed by atoms with Gasteiger partial charge in [-0.3, -0.25) is 0 Å². The highest BCUT2D eigenvalue weighted by Gasteiger charge is 1.92. The summed E-state index contributed by atoms with van der Waals surface area (Å²) in [4.78, 5) is 0. The molecule has 0 aliphatic carbocycles. The Labute approximate surface area is 68.0 Å². The maximum Gasteiger partial charge on any atom is 0.124 e. The number of benzene rings is 1. The molecular formula is C7H10NO2P. The predicted octanol–water partition coefficient (Wildman–Crippen LogP) is 1.26. The Morgan fingerprint density at radius 2 is 1.91 bits per heavy atom. The summed E-state index contributed by atoms with van der Waals surface area (Å²) in [5.41, 5.74) is 0.505. The molecule has 11 heavy (non-hydrogen) atoms. The van der Waals surface area contributed by atoms with Crippen molar-refractivity contribution in [3.63, 3.8) is 0 Å². The van der Waals surface area contributed by atoms with E-state index in [2.05, 4.69) is 5.16 Å². The van der Waals surface area contributed by atoms with Crippen molar-refractivity contribution < 1.29 is 10.3 Å². The van der Waals surface area contributed by atoms with Crippen molar-refractivity contribution >= 4 is 16.1 Å². The molecule has 2 N–H and O–H groups in total. The highest BCUT2D eigenvalue weighted by atomic mass is 31.0. The van der Waals surface area contributed by atoms with Crippen molar-refractivity contribution in [1.29, 1.82) is 0 Å².